The van der Waals surface area contributed by atoms with Gasteiger partial charge in [-0.2, -0.15) is 0 Å². The molecule has 0 rings (SSSR count). The summed E-state index contributed by atoms with van der Waals surface area (Å²) in [7, 11) is 1.69. The molecule has 0 aromatic carbocycles. The zero-order valence-electron chi connectivity index (χ0n) is 10.7. The van der Waals surface area contributed by atoms with Gasteiger partial charge in [-0.05, 0) is 33.6 Å². The quantitative estimate of drug-likeness (QED) is 0.371. The second kappa shape index (κ2) is 7.60. The van der Waals surface area contributed by atoms with E-state index >= 15 is 0 Å². The molecular weight excluding hydrogens is 208 g/mol. The van der Waals surface area contributed by atoms with E-state index in [0.717, 1.165) is 6.42 Å². The Morgan fingerprint density at radius 2 is 2.12 bits per heavy atom. The summed E-state index contributed by atoms with van der Waals surface area (Å²) in [4.78, 5) is 10.9. The minimum Gasteiger partial charge on any atom is -0.379 e. The zero-order valence-corrected chi connectivity index (χ0v) is 10.7. The summed E-state index contributed by atoms with van der Waals surface area (Å²) in [5.41, 5.74) is 1.94. The van der Waals surface area contributed by atoms with Crippen molar-refractivity contribution in [2.24, 2.45) is 5.84 Å². The molecule has 1 unspecified atom stereocenters. The molecule has 0 aliphatic rings. The number of methoxy groups -OCH3 is 1. The van der Waals surface area contributed by atoms with Crippen LogP contribution in [0.5, 0.6) is 0 Å². The van der Waals surface area contributed by atoms with E-state index in [9.17, 15) is 4.79 Å². The highest BCUT2D eigenvalue weighted by atomic mass is 16.5. The third-order valence-electron chi connectivity index (χ3n) is 2.60. The monoisotopic (exact) mass is 232 g/mol. The maximum absolute atomic E-state index is 10.9. The minimum atomic E-state index is -0.160. The summed E-state index contributed by atoms with van der Waals surface area (Å²) in [6, 6.07) is 0. The van der Waals surface area contributed by atoms with Gasteiger partial charge >= 0.3 is 0 Å². The van der Waals surface area contributed by atoms with E-state index in [0.29, 0.717) is 19.4 Å². The summed E-state index contributed by atoms with van der Waals surface area (Å²) >= 11 is 0. The van der Waals surface area contributed by atoms with Gasteiger partial charge in [0.25, 0.3) is 0 Å². The van der Waals surface area contributed by atoms with Crippen LogP contribution < -0.4 is 11.3 Å². The highest BCUT2D eigenvalue weighted by Gasteiger charge is 2.16. The molecule has 0 fully saturated rings. The maximum atomic E-state index is 10.9. The lowest BCUT2D eigenvalue weighted by molar-refractivity contribution is -0.122. The molecule has 0 aliphatic heterocycles. The van der Waals surface area contributed by atoms with Crippen LogP contribution in [0.25, 0.3) is 0 Å². The molecule has 96 valence electrons. The van der Waals surface area contributed by atoms with Gasteiger partial charge in [-0.15, -0.1) is 0 Å². The van der Waals surface area contributed by atoms with Gasteiger partial charge in [-0.1, -0.05) is 0 Å². The van der Waals surface area contributed by atoms with Crippen molar-refractivity contribution >= 4 is 5.91 Å². The fourth-order valence-corrected chi connectivity index (χ4v) is 1.10. The van der Waals surface area contributed by atoms with Gasteiger partial charge in [0.15, 0.2) is 0 Å². The molecule has 0 spiro atoms. The minimum absolute atomic E-state index is 0.0601. The van der Waals surface area contributed by atoms with Crippen LogP contribution in [0.2, 0.25) is 0 Å². The van der Waals surface area contributed by atoms with Crippen molar-refractivity contribution in [1.29, 1.82) is 0 Å². The molecule has 0 saturated carbocycles. The zero-order chi connectivity index (χ0) is 12.6. The summed E-state index contributed by atoms with van der Waals surface area (Å²) in [6.07, 6.45) is 1.96. The fraction of sp³-hybridized carbons (Fsp3) is 0.909. The van der Waals surface area contributed by atoms with E-state index in [1.165, 1.54) is 0 Å². The van der Waals surface area contributed by atoms with Gasteiger partial charge in [0.2, 0.25) is 5.91 Å². The van der Waals surface area contributed by atoms with Crippen molar-refractivity contribution in [2.75, 3.05) is 13.7 Å². The number of carbonyl (C=O) groups excluding carboxylic acids is 1. The number of nitrogens with one attached hydrogen (secondary N) is 1. The maximum Gasteiger partial charge on any atom is 0.233 e. The first kappa shape index (κ1) is 15.3. The van der Waals surface area contributed by atoms with E-state index < -0.39 is 0 Å². The Hall–Kier alpha value is -0.650. The Morgan fingerprint density at radius 1 is 1.50 bits per heavy atom. The van der Waals surface area contributed by atoms with Crippen molar-refractivity contribution in [2.45, 2.75) is 51.7 Å². The molecule has 0 aromatic heterocycles. The second-order valence-corrected chi connectivity index (χ2v) is 4.50. The van der Waals surface area contributed by atoms with Gasteiger partial charge in [-0.25, -0.2) is 5.84 Å². The van der Waals surface area contributed by atoms with Crippen LogP contribution in [0, 0.1) is 0 Å². The van der Waals surface area contributed by atoms with Crippen LogP contribution in [-0.4, -0.2) is 31.3 Å². The average Bonchev–Trinajstić information content (AvgIpc) is 2.25. The molecule has 5 nitrogen and oxygen atoms in total. The lowest BCUT2D eigenvalue weighted by Gasteiger charge is -2.23. The van der Waals surface area contributed by atoms with Gasteiger partial charge < -0.3 is 9.47 Å². The van der Waals surface area contributed by atoms with Crippen molar-refractivity contribution < 1.29 is 14.3 Å². The Labute approximate surface area is 97.6 Å². The summed E-state index contributed by atoms with van der Waals surface area (Å²) in [5, 5.41) is 0. The van der Waals surface area contributed by atoms with Gasteiger partial charge in [-0.3, -0.25) is 10.2 Å². The first-order valence-corrected chi connectivity index (χ1v) is 5.57. The van der Waals surface area contributed by atoms with Crippen LogP contribution in [0.4, 0.5) is 0 Å². The topological polar surface area (TPSA) is 73.6 Å². The fourth-order valence-electron chi connectivity index (χ4n) is 1.10. The molecule has 5 heteroatoms. The van der Waals surface area contributed by atoms with E-state index in [4.69, 9.17) is 15.3 Å². The molecule has 0 heterocycles. The predicted octanol–water partition coefficient (Wildman–Crippen LogP) is 0.977. The third-order valence-corrected chi connectivity index (χ3v) is 2.60. The average molecular weight is 232 g/mol. The Bertz CT molecular complexity index is 207. The number of ether oxygens (including phenoxy) is 2. The molecule has 3 N–H and O–H groups in total. The van der Waals surface area contributed by atoms with Crippen molar-refractivity contribution in [3.05, 3.63) is 0 Å². The first-order valence-electron chi connectivity index (χ1n) is 5.57. The van der Waals surface area contributed by atoms with Crippen LogP contribution in [0.1, 0.15) is 40.0 Å². The molecule has 0 aromatic rings. The van der Waals surface area contributed by atoms with Crippen molar-refractivity contribution in [3.63, 3.8) is 0 Å². The molecular formula is C11H24N2O3. The Balaban J connectivity index is 3.58. The molecule has 0 aliphatic carbocycles. The van der Waals surface area contributed by atoms with Crippen molar-refractivity contribution in [1.82, 2.24) is 5.43 Å². The molecule has 0 bridgehead atoms. The first-order chi connectivity index (χ1) is 7.41. The molecule has 0 saturated heterocycles. The van der Waals surface area contributed by atoms with E-state index in [2.05, 4.69) is 5.43 Å². The van der Waals surface area contributed by atoms with Gasteiger partial charge in [0.05, 0.1) is 11.7 Å². The highest BCUT2D eigenvalue weighted by molar-refractivity contribution is 5.75. The van der Waals surface area contributed by atoms with Crippen molar-refractivity contribution in [3.8, 4) is 0 Å². The standard InChI is InChI=1S/C11H24N2O3/c1-9(5-6-10(14)13-12)16-8-7-11(2,3)15-4/h9H,5-8,12H2,1-4H3,(H,13,14). The number of amides is 1. The third kappa shape index (κ3) is 7.62. The lowest BCUT2D eigenvalue weighted by atomic mass is 10.1. The predicted molar refractivity (Wildman–Crippen MR) is 62.7 cm³/mol. The van der Waals surface area contributed by atoms with Gasteiger partial charge in [0, 0.05) is 20.1 Å². The molecule has 1 atom stereocenters. The van der Waals surface area contributed by atoms with E-state index in [1.54, 1.807) is 7.11 Å². The van der Waals surface area contributed by atoms with E-state index in [-0.39, 0.29) is 17.6 Å². The van der Waals surface area contributed by atoms with Gasteiger partial charge in [0.1, 0.15) is 0 Å². The second-order valence-electron chi connectivity index (χ2n) is 4.50. The molecule has 16 heavy (non-hydrogen) atoms. The van der Waals surface area contributed by atoms with Crippen LogP contribution in [-0.2, 0) is 14.3 Å². The summed E-state index contributed by atoms with van der Waals surface area (Å²) in [6.45, 7) is 6.61. The number of hydrogen-bond donors (Lipinski definition) is 2. The summed E-state index contributed by atoms with van der Waals surface area (Å²) in [5.74, 6) is 4.82. The Morgan fingerprint density at radius 3 is 2.62 bits per heavy atom. The molecule has 0 radical (unpaired) electrons. The molecule has 1 amide bonds. The Kier molecular flexibility index (Phi) is 7.29. The SMILES string of the molecule is COC(C)(C)CCOC(C)CCC(=O)NN. The van der Waals surface area contributed by atoms with Crippen LogP contribution >= 0.6 is 0 Å². The highest BCUT2D eigenvalue weighted by Crippen LogP contribution is 2.13. The van der Waals surface area contributed by atoms with Crippen LogP contribution in [0.3, 0.4) is 0 Å². The number of carbonyl (C=O) groups is 1. The number of nitrogens with two attached hydrogens (primary N) is 1. The lowest BCUT2D eigenvalue weighted by Crippen LogP contribution is -2.30. The number of rotatable bonds is 8. The largest absolute Gasteiger partial charge is 0.379 e. The normalized spacial score (nSPS) is 13.6. The van der Waals surface area contributed by atoms with E-state index in [1.807, 2.05) is 20.8 Å². The number of hydrogen-bond acceptors (Lipinski definition) is 4. The summed E-state index contributed by atoms with van der Waals surface area (Å²) < 4.78 is 10.8. The smallest absolute Gasteiger partial charge is 0.233 e. The van der Waals surface area contributed by atoms with Crippen LogP contribution in [0.15, 0.2) is 0 Å². The number of hydrazine groups is 1.